The minimum absolute atomic E-state index is 0.458. The minimum Gasteiger partial charge on any atom is -0.337 e. The molecule has 2 N–H and O–H groups in total. The van der Waals surface area contributed by atoms with Crippen molar-refractivity contribution >= 4 is 15.9 Å². The molecule has 0 fully saturated rings. The number of nitrogens with two attached hydrogens (primary N) is 1. The van der Waals surface area contributed by atoms with Gasteiger partial charge in [-0.05, 0) is 35.3 Å². The van der Waals surface area contributed by atoms with E-state index < -0.39 is 5.54 Å². The second kappa shape index (κ2) is 5.16. The number of hydrogen-bond donors (Lipinski definition) is 1. The molecule has 96 valence electrons. The Balaban J connectivity index is 2.31. The maximum absolute atomic E-state index is 6.15. The number of nitrogens with zero attached hydrogens (tertiary/aromatic N) is 3. The van der Waals surface area contributed by atoms with Gasteiger partial charge in [0.2, 0.25) is 11.7 Å². The van der Waals surface area contributed by atoms with Crippen molar-refractivity contribution in [3.05, 3.63) is 28.8 Å². The molecule has 5 nitrogen and oxygen atoms in total. The molecular formula is C12H15BrN4O. The van der Waals surface area contributed by atoms with Gasteiger partial charge in [0.05, 0.1) is 5.54 Å². The summed E-state index contributed by atoms with van der Waals surface area (Å²) < 4.78 is 6.12. The van der Waals surface area contributed by atoms with Crippen molar-refractivity contribution in [1.82, 2.24) is 15.1 Å². The molecule has 1 unspecified atom stereocenters. The molecule has 0 spiro atoms. The summed E-state index contributed by atoms with van der Waals surface area (Å²) in [5.74, 6) is 0.964. The molecule has 0 aliphatic carbocycles. The summed E-state index contributed by atoms with van der Waals surface area (Å²) >= 11 is 3.36. The maximum atomic E-state index is 6.15. The van der Waals surface area contributed by atoms with Gasteiger partial charge in [0.25, 0.3) is 0 Å². The van der Waals surface area contributed by atoms with Gasteiger partial charge in [-0.3, -0.25) is 4.98 Å². The average molecular weight is 311 g/mol. The zero-order valence-corrected chi connectivity index (χ0v) is 11.9. The van der Waals surface area contributed by atoms with Gasteiger partial charge in [-0.1, -0.05) is 18.5 Å². The van der Waals surface area contributed by atoms with Gasteiger partial charge < -0.3 is 10.3 Å². The third kappa shape index (κ3) is 2.76. The lowest BCUT2D eigenvalue weighted by Crippen LogP contribution is -2.33. The van der Waals surface area contributed by atoms with Crippen LogP contribution in [0.25, 0.3) is 11.4 Å². The molecule has 2 aromatic heterocycles. The quantitative estimate of drug-likeness (QED) is 0.939. The van der Waals surface area contributed by atoms with Crippen LogP contribution in [0.2, 0.25) is 0 Å². The molecule has 18 heavy (non-hydrogen) atoms. The Hall–Kier alpha value is -1.27. The lowest BCUT2D eigenvalue weighted by atomic mass is 9.98. The Bertz CT molecular complexity index is 538. The standard InChI is InChI=1S/C12H15BrN4O/c1-3-4-12(2,14)11-16-10(17-18-11)8-5-9(13)7-15-6-8/h5-7H,3-4,14H2,1-2H3. The molecule has 0 saturated carbocycles. The first-order valence-corrected chi connectivity index (χ1v) is 6.56. The fourth-order valence-electron chi connectivity index (χ4n) is 1.73. The van der Waals surface area contributed by atoms with E-state index in [0.717, 1.165) is 22.9 Å². The van der Waals surface area contributed by atoms with E-state index in [1.54, 1.807) is 12.4 Å². The fraction of sp³-hybridized carbons (Fsp3) is 0.417. The highest BCUT2D eigenvalue weighted by Gasteiger charge is 2.27. The highest BCUT2D eigenvalue weighted by molar-refractivity contribution is 9.10. The Kier molecular flexibility index (Phi) is 3.77. The van der Waals surface area contributed by atoms with Gasteiger partial charge in [0, 0.05) is 22.4 Å². The smallest absolute Gasteiger partial charge is 0.246 e. The molecule has 0 amide bonds. The van der Waals surface area contributed by atoms with E-state index in [9.17, 15) is 0 Å². The SMILES string of the molecule is CCCC(C)(N)c1nc(-c2cncc(Br)c2)no1. The molecule has 1 atom stereocenters. The number of aromatic nitrogens is 3. The first-order valence-electron chi connectivity index (χ1n) is 5.77. The highest BCUT2D eigenvalue weighted by Crippen LogP contribution is 2.25. The summed E-state index contributed by atoms with van der Waals surface area (Å²) in [7, 11) is 0. The van der Waals surface area contributed by atoms with Crippen molar-refractivity contribution in [2.45, 2.75) is 32.2 Å². The lowest BCUT2D eigenvalue weighted by molar-refractivity contribution is 0.284. The van der Waals surface area contributed by atoms with Gasteiger partial charge in [0.15, 0.2) is 0 Å². The normalized spacial score (nSPS) is 14.4. The van der Waals surface area contributed by atoms with E-state index in [1.807, 2.05) is 13.0 Å². The second-order valence-corrected chi connectivity index (χ2v) is 5.40. The Labute approximate surface area is 114 Å². The number of pyridine rings is 1. The van der Waals surface area contributed by atoms with Crippen LogP contribution in [0.15, 0.2) is 27.5 Å². The summed E-state index contributed by atoms with van der Waals surface area (Å²) in [6.45, 7) is 3.97. The van der Waals surface area contributed by atoms with Crippen LogP contribution in [0, 0.1) is 0 Å². The third-order valence-electron chi connectivity index (χ3n) is 2.65. The third-order valence-corrected chi connectivity index (χ3v) is 3.08. The van der Waals surface area contributed by atoms with Crippen molar-refractivity contribution < 1.29 is 4.52 Å². The van der Waals surface area contributed by atoms with Crippen LogP contribution in [0.5, 0.6) is 0 Å². The molecule has 2 aromatic rings. The fourth-order valence-corrected chi connectivity index (χ4v) is 2.10. The monoisotopic (exact) mass is 310 g/mol. The highest BCUT2D eigenvalue weighted by atomic mass is 79.9. The van der Waals surface area contributed by atoms with Crippen molar-refractivity contribution in [1.29, 1.82) is 0 Å². The summed E-state index contributed by atoms with van der Waals surface area (Å²) in [6, 6.07) is 1.88. The van der Waals surface area contributed by atoms with E-state index in [0.29, 0.717) is 11.7 Å². The zero-order valence-electron chi connectivity index (χ0n) is 10.4. The Morgan fingerprint density at radius 2 is 2.22 bits per heavy atom. The van der Waals surface area contributed by atoms with E-state index in [2.05, 4.69) is 38.0 Å². The van der Waals surface area contributed by atoms with Gasteiger partial charge in [-0.2, -0.15) is 4.98 Å². The van der Waals surface area contributed by atoms with Crippen LogP contribution < -0.4 is 5.73 Å². The molecular weight excluding hydrogens is 296 g/mol. The second-order valence-electron chi connectivity index (χ2n) is 4.48. The van der Waals surface area contributed by atoms with E-state index >= 15 is 0 Å². The molecule has 0 aliphatic rings. The molecule has 2 heterocycles. The van der Waals surface area contributed by atoms with E-state index in [4.69, 9.17) is 10.3 Å². The predicted molar refractivity (Wildman–Crippen MR) is 71.7 cm³/mol. The van der Waals surface area contributed by atoms with Crippen LogP contribution in [0.1, 0.15) is 32.6 Å². The van der Waals surface area contributed by atoms with Crippen molar-refractivity contribution in [2.24, 2.45) is 5.73 Å². The molecule has 2 rings (SSSR count). The number of hydrogen-bond acceptors (Lipinski definition) is 5. The van der Waals surface area contributed by atoms with Gasteiger partial charge in [-0.25, -0.2) is 0 Å². The molecule has 0 bridgehead atoms. The lowest BCUT2D eigenvalue weighted by Gasteiger charge is -2.18. The van der Waals surface area contributed by atoms with Crippen LogP contribution >= 0.6 is 15.9 Å². The average Bonchev–Trinajstić information content (AvgIpc) is 2.78. The Morgan fingerprint density at radius 1 is 1.44 bits per heavy atom. The van der Waals surface area contributed by atoms with Gasteiger partial charge in [0.1, 0.15) is 0 Å². The van der Waals surface area contributed by atoms with Crippen LogP contribution in [-0.4, -0.2) is 15.1 Å². The molecule has 0 aromatic carbocycles. The van der Waals surface area contributed by atoms with Crippen molar-refractivity contribution in [3.63, 3.8) is 0 Å². The van der Waals surface area contributed by atoms with Gasteiger partial charge in [-0.15, -0.1) is 0 Å². The number of halogens is 1. The van der Waals surface area contributed by atoms with E-state index in [1.165, 1.54) is 0 Å². The summed E-state index contributed by atoms with van der Waals surface area (Å²) in [4.78, 5) is 8.42. The topological polar surface area (TPSA) is 77.8 Å². The zero-order chi connectivity index (χ0) is 13.2. The first kappa shape index (κ1) is 13.2. The summed E-state index contributed by atoms with van der Waals surface area (Å²) in [5, 5.41) is 3.95. The van der Waals surface area contributed by atoms with Crippen molar-refractivity contribution in [2.75, 3.05) is 0 Å². The summed E-state index contributed by atoms with van der Waals surface area (Å²) in [6.07, 6.45) is 5.15. The Morgan fingerprint density at radius 3 is 2.89 bits per heavy atom. The predicted octanol–water partition coefficient (Wildman–Crippen LogP) is 2.87. The molecule has 0 radical (unpaired) electrons. The molecule has 0 saturated heterocycles. The largest absolute Gasteiger partial charge is 0.337 e. The number of rotatable bonds is 4. The first-order chi connectivity index (χ1) is 8.53. The van der Waals surface area contributed by atoms with Crippen LogP contribution in [0.3, 0.4) is 0 Å². The van der Waals surface area contributed by atoms with E-state index in [-0.39, 0.29) is 0 Å². The van der Waals surface area contributed by atoms with Crippen molar-refractivity contribution in [3.8, 4) is 11.4 Å². The van der Waals surface area contributed by atoms with Crippen LogP contribution in [-0.2, 0) is 5.54 Å². The maximum Gasteiger partial charge on any atom is 0.246 e. The minimum atomic E-state index is -0.584. The molecule has 6 heteroatoms. The van der Waals surface area contributed by atoms with Gasteiger partial charge >= 0.3 is 0 Å². The van der Waals surface area contributed by atoms with Crippen LogP contribution in [0.4, 0.5) is 0 Å². The summed E-state index contributed by atoms with van der Waals surface area (Å²) in [5.41, 5.74) is 6.36. The molecule has 0 aliphatic heterocycles.